The number of guanidine groups is 1. The van der Waals surface area contributed by atoms with E-state index >= 15 is 0 Å². The molecule has 0 unspecified atom stereocenters. The van der Waals surface area contributed by atoms with Crippen molar-refractivity contribution in [3.63, 3.8) is 0 Å². The molecular formula is C21H34N4O. The molecule has 0 bridgehead atoms. The van der Waals surface area contributed by atoms with Crippen molar-refractivity contribution in [1.82, 2.24) is 10.2 Å². The summed E-state index contributed by atoms with van der Waals surface area (Å²) >= 11 is 0. The van der Waals surface area contributed by atoms with E-state index in [2.05, 4.69) is 52.4 Å². The highest BCUT2D eigenvalue weighted by molar-refractivity contribution is 5.79. The van der Waals surface area contributed by atoms with Crippen molar-refractivity contribution >= 4 is 11.6 Å². The molecule has 1 N–H and O–H groups in total. The van der Waals surface area contributed by atoms with E-state index in [-0.39, 0.29) is 0 Å². The molecular weight excluding hydrogens is 324 g/mol. The van der Waals surface area contributed by atoms with Gasteiger partial charge in [0.15, 0.2) is 5.96 Å². The average Bonchev–Trinajstić information content (AvgIpc) is 2.68. The second kappa shape index (κ2) is 9.26. The van der Waals surface area contributed by atoms with Crippen molar-refractivity contribution < 1.29 is 4.74 Å². The van der Waals surface area contributed by atoms with E-state index in [1.165, 1.54) is 48.9 Å². The molecule has 2 aliphatic rings. The molecule has 1 fully saturated rings. The third-order valence-electron chi connectivity index (χ3n) is 5.73. The zero-order chi connectivity index (χ0) is 18.4. The molecule has 144 valence electrons. The molecule has 0 aromatic heterocycles. The molecule has 26 heavy (non-hydrogen) atoms. The molecule has 0 aliphatic carbocycles. The molecule has 0 spiro atoms. The number of ether oxygens (including phenoxy) is 1. The normalized spacial score (nSPS) is 18.6. The van der Waals surface area contributed by atoms with Crippen LogP contribution in [0.3, 0.4) is 0 Å². The number of aryl methyl sites for hydroxylation is 1. The van der Waals surface area contributed by atoms with Gasteiger partial charge in [-0.25, -0.2) is 0 Å². The lowest BCUT2D eigenvalue weighted by Crippen LogP contribution is -2.39. The van der Waals surface area contributed by atoms with Crippen molar-refractivity contribution in [3.8, 4) is 0 Å². The number of hydrogen-bond donors (Lipinski definition) is 1. The van der Waals surface area contributed by atoms with Crippen molar-refractivity contribution in [2.75, 3.05) is 52.3 Å². The Hall–Kier alpha value is -1.75. The van der Waals surface area contributed by atoms with Gasteiger partial charge in [-0.15, -0.1) is 0 Å². The molecule has 1 saturated heterocycles. The largest absolute Gasteiger partial charge is 0.381 e. The summed E-state index contributed by atoms with van der Waals surface area (Å²) in [6.07, 6.45) is 6.04. The Labute approximate surface area is 158 Å². The van der Waals surface area contributed by atoms with Crippen LogP contribution in [0.5, 0.6) is 0 Å². The van der Waals surface area contributed by atoms with E-state index in [1.807, 2.05) is 7.05 Å². The Morgan fingerprint density at radius 1 is 1.35 bits per heavy atom. The summed E-state index contributed by atoms with van der Waals surface area (Å²) in [4.78, 5) is 9.08. The zero-order valence-electron chi connectivity index (χ0n) is 16.6. The van der Waals surface area contributed by atoms with Gasteiger partial charge < -0.3 is 19.9 Å². The van der Waals surface area contributed by atoms with Crippen LogP contribution in [-0.4, -0.2) is 58.3 Å². The Bertz CT molecular complexity index is 610. The molecule has 0 saturated carbocycles. The predicted molar refractivity (Wildman–Crippen MR) is 109 cm³/mol. The van der Waals surface area contributed by atoms with Gasteiger partial charge in [0.1, 0.15) is 0 Å². The first-order valence-corrected chi connectivity index (χ1v) is 10.00. The van der Waals surface area contributed by atoms with Crippen molar-refractivity contribution in [3.05, 3.63) is 29.3 Å². The number of nitrogens with zero attached hydrogens (tertiary/aromatic N) is 3. The van der Waals surface area contributed by atoms with Crippen LogP contribution in [0.15, 0.2) is 23.2 Å². The first-order chi connectivity index (χ1) is 12.7. The van der Waals surface area contributed by atoms with E-state index in [9.17, 15) is 0 Å². The van der Waals surface area contributed by atoms with Crippen molar-refractivity contribution in [2.45, 2.75) is 38.6 Å². The number of fused-ring (bicyclic) bond motifs is 1. The third-order valence-corrected chi connectivity index (χ3v) is 5.73. The van der Waals surface area contributed by atoms with E-state index in [1.54, 1.807) is 0 Å². The maximum atomic E-state index is 5.46. The predicted octanol–water partition coefficient (Wildman–Crippen LogP) is 2.89. The van der Waals surface area contributed by atoms with Crippen LogP contribution in [-0.2, 0) is 17.7 Å². The molecule has 0 atom stereocenters. The van der Waals surface area contributed by atoms with E-state index in [4.69, 9.17) is 4.74 Å². The minimum absolute atomic E-state index is 0.793. The van der Waals surface area contributed by atoms with Gasteiger partial charge in [0.25, 0.3) is 0 Å². The Morgan fingerprint density at radius 2 is 2.15 bits per heavy atom. The zero-order valence-corrected chi connectivity index (χ0v) is 16.6. The Balaban J connectivity index is 1.50. The van der Waals surface area contributed by atoms with Gasteiger partial charge in [-0.3, -0.25) is 4.99 Å². The first-order valence-electron chi connectivity index (χ1n) is 10.00. The molecule has 0 radical (unpaired) electrons. The highest BCUT2D eigenvalue weighted by Gasteiger charge is 2.16. The standard InChI is InChI=1S/C21H34N4O/c1-22-21(25(3)12-8-17-9-13-26-14-10-17)23-16-18-6-7-20-19(15-18)5-4-11-24(20)2/h6-7,15,17H,4-5,8-14,16H2,1-3H3,(H,22,23). The van der Waals surface area contributed by atoms with Crippen LogP contribution >= 0.6 is 0 Å². The number of hydrogen-bond acceptors (Lipinski definition) is 3. The molecule has 1 aromatic carbocycles. The van der Waals surface area contributed by atoms with Crippen LogP contribution in [0, 0.1) is 5.92 Å². The van der Waals surface area contributed by atoms with Crippen LogP contribution in [0.2, 0.25) is 0 Å². The highest BCUT2D eigenvalue weighted by Crippen LogP contribution is 2.26. The SMILES string of the molecule is CN=C(NCc1ccc2c(c1)CCCN2C)N(C)CCC1CCOCC1. The van der Waals surface area contributed by atoms with Gasteiger partial charge in [-0.2, -0.15) is 0 Å². The van der Waals surface area contributed by atoms with E-state index in [0.29, 0.717) is 0 Å². The third kappa shape index (κ3) is 4.91. The quantitative estimate of drug-likeness (QED) is 0.649. The maximum Gasteiger partial charge on any atom is 0.193 e. The molecule has 2 heterocycles. The average molecular weight is 359 g/mol. The minimum Gasteiger partial charge on any atom is -0.381 e. The van der Waals surface area contributed by atoms with Gasteiger partial charge in [-0.1, -0.05) is 12.1 Å². The van der Waals surface area contributed by atoms with Gasteiger partial charge >= 0.3 is 0 Å². The van der Waals surface area contributed by atoms with Gasteiger partial charge in [0.05, 0.1) is 0 Å². The van der Waals surface area contributed by atoms with Crippen molar-refractivity contribution in [1.29, 1.82) is 0 Å². The summed E-state index contributed by atoms with van der Waals surface area (Å²) in [6.45, 7) is 4.88. The molecule has 0 amide bonds. The fourth-order valence-corrected chi connectivity index (χ4v) is 4.03. The molecule has 2 aliphatic heterocycles. The van der Waals surface area contributed by atoms with Crippen LogP contribution in [0.25, 0.3) is 0 Å². The van der Waals surface area contributed by atoms with Crippen LogP contribution in [0.1, 0.15) is 36.8 Å². The van der Waals surface area contributed by atoms with Crippen LogP contribution < -0.4 is 10.2 Å². The van der Waals surface area contributed by atoms with Gasteiger partial charge in [0.2, 0.25) is 0 Å². The lowest BCUT2D eigenvalue weighted by molar-refractivity contribution is 0.0625. The molecule has 1 aromatic rings. The Morgan fingerprint density at radius 3 is 2.92 bits per heavy atom. The fraction of sp³-hybridized carbons (Fsp3) is 0.667. The topological polar surface area (TPSA) is 40.1 Å². The second-order valence-electron chi connectivity index (χ2n) is 7.65. The van der Waals surface area contributed by atoms with E-state index in [0.717, 1.165) is 44.7 Å². The first kappa shape index (κ1) is 19.0. The molecule has 3 rings (SSSR count). The number of rotatable bonds is 5. The lowest BCUT2D eigenvalue weighted by Gasteiger charge is -2.28. The number of aliphatic imine (C=N–C) groups is 1. The second-order valence-corrected chi connectivity index (χ2v) is 7.65. The molecule has 5 heteroatoms. The summed E-state index contributed by atoms with van der Waals surface area (Å²) in [5.41, 5.74) is 4.19. The van der Waals surface area contributed by atoms with Crippen LogP contribution in [0.4, 0.5) is 5.69 Å². The monoisotopic (exact) mass is 358 g/mol. The Kier molecular flexibility index (Phi) is 6.78. The summed E-state index contributed by atoms with van der Waals surface area (Å²) in [7, 11) is 6.19. The maximum absolute atomic E-state index is 5.46. The van der Waals surface area contributed by atoms with Gasteiger partial charge in [-0.05, 0) is 55.2 Å². The van der Waals surface area contributed by atoms with Gasteiger partial charge in [0, 0.05) is 59.7 Å². The summed E-state index contributed by atoms with van der Waals surface area (Å²) in [5, 5.41) is 3.53. The van der Waals surface area contributed by atoms with E-state index < -0.39 is 0 Å². The lowest BCUT2D eigenvalue weighted by atomic mass is 9.96. The smallest absolute Gasteiger partial charge is 0.193 e. The molecule has 5 nitrogen and oxygen atoms in total. The number of nitrogens with one attached hydrogen (secondary N) is 1. The van der Waals surface area contributed by atoms with Crippen molar-refractivity contribution in [2.24, 2.45) is 10.9 Å². The number of anilines is 1. The fourth-order valence-electron chi connectivity index (χ4n) is 4.03. The number of benzene rings is 1. The summed E-state index contributed by atoms with van der Waals surface area (Å²) < 4.78 is 5.46. The minimum atomic E-state index is 0.793. The summed E-state index contributed by atoms with van der Waals surface area (Å²) in [5.74, 6) is 1.77. The highest BCUT2D eigenvalue weighted by atomic mass is 16.5. The summed E-state index contributed by atoms with van der Waals surface area (Å²) in [6, 6.07) is 6.86.